The molecule has 0 spiro atoms. The molecule has 2 saturated heterocycles. The molecule has 2 fully saturated rings. The molecule has 14 nitrogen and oxygen atoms in total. The minimum absolute atomic E-state index is 0.224. The molecule has 14 heteroatoms. The zero-order chi connectivity index (χ0) is 59.5. The summed E-state index contributed by atoms with van der Waals surface area (Å²) in [5.41, 5.74) is 0. The number of carbonyl (C=O) groups is 1. The highest BCUT2D eigenvalue weighted by atomic mass is 16.7. The largest absolute Gasteiger partial charge is 0.394 e. The summed E-state index contributed by atoms with van der Waals surface area (Å²) in [6, 6.07) is -0.863. The Morgan fingerprint density at radius 3 is 1.24 bits per heavy atom. The number of amides is 1. The molecule has 0 aromatic rings. The van der Waals surface area contributed by atoms with Gasteiger partial charge in [0.05, 0.1) is 32.0 Å². The molecule has 0 saturated carbocycles. The number of hydrogen-bond acceptors (Lipinski definition) is 13. The molecule has 82 heavy (non-hydrogen) atoms. The number of aliphatic hydroxyl groups is 8. The van der Waals surface area contributed by atoms with Crippen molar-refractivity contribution in [2.24, 2.45) is 0 Å². The molecule has 478 valence electrons. The Morgan fingerprint density at radius 2 is 0.829 bits per heavy atom. The van der Waals surface area contributed by atoms with Gasteiger partial charge in [0.15, 0.2) is 12.6 Å². The number of nitrogens with one attached hydrogen (secondary N) is 1. The normalized spacial score (nSPS) is 24.3. The number of rotatable bonds is 54. The average molecular weight is 1160 g/mol. The predicted molar refractivity (Wildman–Crippen MR) is 332 cm³/mol. The van der Waals surface area contributed by atoms with Crippen LogP contribution in [0.3, 0.4) is 0 Å². The Morgan fingerprint density at radius 1 is 0.451 bits per heavy atom. The van der Waals surface area contributed by atoms with E-state index in [9.17, 15) is 45.6 Å². The number of ether oxygens (including phenoxy) is 4. The second-order valence-electron chi connectivity index (χ2n) is 23.6. The number of carbonyl (C=O) groups excluding carboxylic acids is 1. The van der Waals surface area contributed by atoms with E-state index in [0.29, 0.717) is 19.3 Å². The van der Waals surface area contributed by atoms with Crippen LogP contribution in [-0.2, 0) is 23.7 Å². The van der Waals surface area contributed by atoms with Crippen LogP contribution in [0.5, 0.6) is 0 Å². The molecule has 2 rings (SSSR count). The van der Waals surface area contributed by atoms with Gasteiger partial charge in [-0.05, 0) is 51.4 Å². The maximum absolute atomic E-state index is 13.3. The van der Waals surface area contributed by atoms with Gasteiger partial charge in [0.25, 0.3) is 0 Å². The molecular weight excluding hydrogens is 1040 g/mol. The van der Waals surface area contributed by atoms with Crippen LogP contribution >= 0.6 is 0 Å². The van der Waals surface area contributed by atoms with Gasteiger partial charge in [-0.3, -0.25) is 4.79 Å². The SMILES string of the molecule is CC/C=C\C/C=C\C/C=C\C/C=C\C/C=C\CCCC(=O)NC(COC1OC(CO)C(OC2OC(CO)C(O)C(O)C2O)C(O)C1O)C(O)CCCCCCCCCCCCCCCCCCCCCCCCCCCCCCCCC. The van der Waals surface area contributed by atoms with Gasteiger partial charge in [0, 0.05) is 6.42 Å². The first-order chi connectivity index (χ1) is 40.1. The van der Waals surface area contributed by atoms with Gasteiger partial charge < -0.3 is 65.1 Å². The van der Waals surface area contributed by atoms with Gasteiger partial charge in [-0.1, -0.05) is 274 Å². The van der Waals surface area contributed by atoms with E-state index in [0.717, 1.165) is 57.8 Å². The molecule has 0 aromatic heterocycles. The zero-order valence-electron chi connectivity index (χ0n) is 51.7. The van der Waals surface area contributed by atoms with E-state index in [1.54, 1.807) is 0 Å². The second-order valence-corrected chi connectivity index (χ2v) is 23.6. The van der Waals surface area contributed by atoms with Crippen molar-refractivity contribution in [1.82, 2.24) is 5.32 Å². The summed E-state index contributed by atoms with van der Waals surface area (Å²) in [5.74, 6) is -0.262. The van der Waals surface area contributed by atoms with Gasteiger partial charge in [0.2, 0.25) is 5.91 Å². The summed E-state index contributed by atoms with van der Waals surface area (Å²) in [5, 5.41) is 87.4. The van der Waals surface area contributed by atoms with Crippen LogP contribution in [0.15, 0.2) is 60.8 Å². The molecule has 0 bridgehead atoms. The van der Waals surface area contributed by atoms with Crippen molar-refractivity contribution in [3.8, 4) is 0 Å². The zero-order valence-corrected chi connectivity index (χ0v) is 51.7. The Kier molecular flexibility index (Phi) is 49.0. The lowest BCUT2D eigenvalue weighted by atomic mass is 9.97. The topological polar surface area (TPSA) is 228 Å². The summed E-state index contributed by atoms with van der Waals surface area (Å²) in [6.45, 7) is 2.73. The van der Waals surface area contributed by atoms with Crippen LogP contribution in [0.2, 0.25) is 0 Å². The molecule has 2 aliphatic heterocycles. The van der Waals surface area contributed by atoms with E-state index in [4.69, 9.17) is 18.9 Å². The lowest BCUT2D eigenvalue weighted by Crippen LogP contribution is -2.65. The lowest BCUT2D eigenvalue weighted by molar-refractivity contribution is -0.359. The quantitative estimate of drug-likeness (QED) is 0.0204. The Hall–Kier alpha value is -2.31. The van der Waals surface area contributed by atoms with Crippen molar-refractivity contribution in [3.05, 3.63) is 60.8 Å². The van der Waals surface area contributed by atoms with Crippen molar-refractivity contribution >= 4 is 5.91 Å². The van der Waals surface area contributed by atoms with E-state index in [-0.39, 0.29) is 18.9 Å². The molecule has 2 aliphatic rings. The fourth-order valence-electron chi connectivity index (χ4n) is 10.9. The van der Waals surface area contributed by atoms with Crippen LogP contribution in [0.4, 0.5) is 0 Å². The molecular formula is C68H123NO13. The summed E-state index contributed by atoms with van der Waals surface area (Å²) >= 11 is 0. The smallest absolute Gasteiger partial charge is 0.220 e. The highest BCUT2D eigenvalue weighted by Gasteiger charge is 2.51. The van der Waals surface area contributed by atoms with E-state index in [2.05, 4.69) is 79.9 Å². The van der Waals surface area contributed by atoms with Gasteiger partial charge in [-0.2, -0.15) is 0 Å². The van der Waals surface area contributed by atoms with Crippen LogP contribution in [0, 0.1) is 0 Å². The van der Waals surface area contributed by atoms with Gasteiger partial charge in [-0.15, -0.1) is 0 Å². The summed E-state index contributed by atoms with van der Waals surface area (Å²) in [4.78, 5) is 13.3. The number of aliphatic hydroxyl groups excluding tert-OH is 8. The lowest BCUT2D eigenvalue weighted by Gasteiger charge is -2.46. The minimum Gasteiger partial charge on any atom is -0.394 e. The van der Waals surface area contributed by atoms with Gasteiger partial charge >= 0.3 is 0 Å². The molecule has 1 amide bonds. The third-order valence-corrected chi connectivity index (χ3v) is 16.2. The Labute approximate surface area is 498 Å². The molecule has 2 heterocycles. The minimum atomic E-state index is -1.79. The van der Waals surface area contributed by atoms with Crippen LogP contribution in [0.1, 0.15) is 271 Å². The van der Waals surface area contributed by atoms with Crippen molar-refractivity contribution in [3.63, 3.8) is 0 Å². The van der Waals surface area contributed by atoms with Crippen LogP contribution in [0.25, 0.3) is 0 Å². The monoisotopic (exact) mass is 1160 g/mol. The molecule has 0 aliphatic carbocycles. The van der Waals surface area contributed by atoms with E-state index >= 15 is 0 Å². The summed E-state index contributed by atoms with van der Waals surface area (Å²) in [7, 11) is 0. The average Bonchev–Trinajstić information content (AvgIpc) is 3.49. The fraction of sp³-hybridized carbons (Fsp3) is 0.838. The third-order valence-electron chi connectivity index (χ3n) is 16.2. The second kappa shape index (κ2) is 53.0. The number of unbranched alkanes of at least 4 members (excludes halogenated alkanes) is 31. The van der Waals surface area contributed by atoms with Crippen LogP contribution < -0.4 is 5.32 Å². The van der Waals surface area contributed by atoms with Gasteiger partial charge in [0.1, 0.15) is 48.8 Å². The molecule has 0 aromatic carbocycles. The first-order valence-electron chi connectivity index (χ1n) is 33.5. The summed E-state index contributed by atoms with van der Waals surface area (Å²) < 4.78 is 22.8. The van der Waals surface area contributed by atoms with E-state index in [1.165, 1.54) is 173 Å². The van der Waals surface area contributed by atoms with Crippen molar-refractivity contribution < 1.29 is 64.6 Å². The molecule has 0 radical (unpaired) electrons. The van der Waals surface area contributed by atoms with Crippen molar-refractivity contribution in [1.29, 1.82) is 0 Å². The predicted octanol–water partition coefficient (Wildman–Crippen LogP) is 12.9. The third kappa shape index (κ3) is 37.3. The highest BCUT2D eigenvalue weighted by molar-refractivity contribution is 5.76. The first kappa shape index (κ1) is 75.8. The van der Waals surface area contributed by atoms with Crippen molar-refractivity contribution in [2.75, 3.05) is 19.8 Å². The fourth-order valence-corrected chi connectivity index (χ4v) is 10.9. The Bertz CT molecular complexity index is 1610. The van der Waals surface area contributed by atoms with Crippen molar-refractivity contribution in [2.45, 2.75) is 344 Å². The van der Waals surface area contributed by atoms with E-state index in [1.807, 2.05) is 0 Å². The molecule has 12 unspecified atom stereocenters. The standard InChI is InChI=1S/C68H123NO13/c1-3-5-7-9-11-13-15-17-19-21-22-23-24-25-26-27-28-29-30-31-32-33-34-36-37-39-41-43-45-47-49-51-57(72)56(69-60(73)52-50-48-46-44-42-40-38-35-20-18-16-14-12-10-8-6-4-2)55-79-67-65(78)63(76)66(59(54-71)81-67)82-68-64(77)62(75)61(74)58(53-70)80-68/h6,8,12,14,18,20,38,40,44,46,56-59,61-68,70-72,74-78H,3-5,7,9-11,13,15-17,19,21-37,39,41-43,45,47-55H2,1-2H3,(H,69,73)/b8-6-,14-12-,20-18-,40-38-,46-44-. The summed E-state index contributed by atoms with van der Waals surface area (Å²) in [6.07, 6.45) is 52.6. The number of hydrogen-bond donors (Lipinski definition) is 9. The Balaban J connectivity index is 1.67. The molecule has 12 atom stereocenters. The number of allylic oxidation sites excluding steroid dienone is 10. The van der Waals surface area contributed by atoms with Gasteiger partial charge in [-0.25, -0.2) is 0 Å². The molecule has 9 N–H and O–H groups in total. The highest BCUT2D eigenvalue weighted by Crippen LogP contribution is 2.30. The first-order valence-corrected chi connectivity index (χ1v) is 33.5. The maximum Gasteiger partial charge on any atom is 0.220 e. The maximum atomic E-state index is 13.3. The van der Waals surface area contributed by atoms with E-state index < -0.39 is 86.8 Å². The van der Waals surface area contributed by atoms with Crippen LogP contribution in [-0.4, -0.2) is 140 Å².